The molecule has 1 N–H and O–H groups in total. The van der Waals surface area contributed by atoms with Gasteiger partial charge in [-0.2, -0.15) is 11.8 Å². The molecular weight excluding hydrogens is 272 g/mol. The molecular formula is C12H23ClN2O2S. The van der Waals surface area contributed by atoms with Crippen LogP contribution in [0.2, 0.25) is 0 Å². The van der Waals surface area contributed by atoms with Crippen molar-refractivity contribution in [1.82, 2.24) is 10.2 Å². The monoisotopic (exact) mass is 294 g/mol. The SMILES string of the molecule is COC1(C(=O)N(C)C2CCSC2)CCNCC1.Cl. The first-order valence-electron chi connectivity index (χ1n) is 6.30. The molecule has 0 saturated carbocycles. The van der Waals surface area contributed by atoms with Crippen molar-refractivity contribution in [2.45, 2.75) is 30.9 Å². The van der Waals surface area contributed by atoms with Crippen LogP contribution in [0, 0.1) is 0 Å². The molecule has 2 rings (SSSR count). The van der Waals surface area contributed by atoms with E-state index in [-0.39, 0.29) is 18.3 Å². The van der Waals surface area contributed by atoms with Crippen molar-refractivity contribution >= 4 is 30.1 Å². The highest BCUT2D eigenvalue weighted by molar-refractivity contribution is 7.99. The minimum atomic E-state index is -0.576. The minimum Gasteiger partial charge on any atom is -0.368 e. The fraction of sp³-hybridized carbons (Fsp3) is 0.917. The van der Waals surface area contributed by atoms with E-state index in [2.05, 4.69) is 5.32 Å². The molecule has 2 aliphatic rings. The summed E-state index contributed by atoms with van der Waals surface area (Å²) < 4.78 is 5.58. The smallest absolute Gasteiger partial charge is 0.254 e. The maximum atomic E-state index is 12.6. The third-order valence-electron chi connectivity index (χ3n) is 3.97. The second kappa shape index (κ2) is 6.98. The van der Waals surface area contributed by atoms with Crippen molar-refractivity contribution in [3.8, 4) is 0 Å². The molecule has 0 spiro atoms. The summed E-state index contributed by atoms with van der Waals surface area (Å²) in [6.07, 6.45) is 2.68. The molecule has 0 aromatic carbocycles. The molecule has 6 heteroatoms. The van der Waals surface area contributed by atoms with Crippen molar-refractivity contribution in [3.63, 3.8) is 0 Å². The Morgan fingerprint density at radius 2 is 2.11 bits per heavy atom. The number of nitrogens with one attached hydrogen (secondary N) is 1. The number of amides is 1. The fourth-order valence-electron chi connectivity index (χ4n) is 2.65. The summed E-state index contributed by atoms with van der Waals surface area (Å²) >= 11 is 1.93. The number of piperidine rings is 1. The number of carbonyl (C=O) groups excluding carboxylic acids is 1. The molecule has 1 atom stereocenters. The summed E-state index contributed by atoms with van der Waals surface area (Å²) in [4.78, 5) is 14.5. The van der Waals surface area contributed by atoms with E-state index >= 15 is 0 Å². The van der Waals surface area contributed by atoms with Crippen molar-refractivity contribution in [1.29, 1.82) is 0 Å². The molecule has 0 bridgehead atoms. The molecule has 2 aliphatic heterocycles. The Morgan fingerprint density at radius 3 is 2.61 bits per heavy atom. The average molecular weight is 295 g/mol. The lowest BCUT2D eigenvalue weighted by molar-refractivity contribution is -0.158. The third kappa shape index (κ3) is 3.13. The second-order valence-corrected chi connectivity index (χ2v) is 6.03. The summed E-state index contributed by atoms with van der Waals surface area (Å²) in [5, 5.41) is 3.28. The van der Waals surface area contributed by atoms with Gasteiger partial charge in [0.05, 0.1) is 0 Å². The summed E-state index contributed by atoms with van der Waals surface area (Å²) in [5.74, 6) is 2.42. The maximum Gasteiger partial charge on any atom is 0.254 e. The summed E-state index contributed by atoms with van der Waals surface area (Å²) in [7, 11) is 3.60. The third-order valence-corrected chi connectivity index (χ3v) is 5.11. The molecule has 2 fully saturated rings. The van der Waals surface area contributed by atoms with Crippen molar-refractivity contribution in [3.05, 3.63) is 0 Å². The second-order valence-electron chi connectivity index (χ2n) is 4.88. The first-order valence-corrected chi connectivity index (χ1v) is 7.46. The molecule has 106 valence electrons. The van der Waals surface area contributed by atoms with Crippen LogP contribution in [-0.2, 0) is 9.53 Å². The first kappa shape index (κ1) is 16.1. The topological polar surface area (TPSA) is 41.6 Å². The average Bonchev–Trinajstić information content (AvgIpc) is 2.91. The van der Waals surface area contributed by atoms with Gasteiger partial charge in [-0.1, -0.05) is 0 Å². The van der Waals surface area contributed by atoms with Gasteiger partial charge >= 0.3 is 0 Å². The minimum absolute atomic E-state index is 0. The van der Waals surface area contributed by atoms with Crippen molar-refractivity contribution in [2.75, 3.05) is 38.8 Å². The van der Waals surface area contributed by atoms with Crippen molar-refractivity contribution in [2.24, 2.45) is 0 Å². The summed E-state index contributed by atoms with van der Waals surface area (Å²) in [5.41, 5.74) is -0.576. The van der Waals surface area contributed by atoms with Crippen LogP contribution in [0.1, 0.15) is 19.3 Å². The highest BCUT2D eigenvalue weighted by Crippen LogP contribution is 2.28. The van der Waals surface area contributed by atoms with Gasteiger partial charge in [-0.3, -0.25) is 4.79 Å². The predicted octanol–water partition coefficient (Wildman–Crippen LogP) is 1.14. The van der Waals surface area contributed by atoms with E-state index in [1.54, 1.807) is 7.11 Å². The van der Waals surface area contributed by atoms with E-state index in [0.717, 1.165) is 38.1 Å². The number of thioether (sulfide) groups is 1. The van der Waals surface area contributed by atoms with Crippen LogP contribution in [0.25, 0.3) is 0 Å². The number of hydrogen-bond donors (Lipinski definition) is 1. The standard InChI is InChI=1S/C12H22N2O2S.ClH/c1-14(10-3-8-17-9-10)11(15)12(16-2)4-6-13-7-5-12;/h10,13H,3-9H2,1-2H3;1H. The molecule has 0 aliphatic carbocycles. The number of hydrogen-bond acceptors (Lipinski definition) is 4. The van der Waals surface area contributed by atoms with Gasteiger partial charge in [0.25, 0.3) is 5.91 Å². The van der Waals surface area contributed by atoms with Gasteiger partial charge in [-0.15, -0.1) is 12.4 Å². The Morgan fingerprint density at radius 1 is 1.44 bits per heavy atom. The van der Waals surface area contributed by atoms with E-state index in [4.69, 9.17) is 4.74 Å². The molecule has 2 saturated heterocycles. The first-order chi connectivity index (χ1) is 8.19. The van der Waals surface area contributed by atoms with Gasteiger partial charge in [0.2, 0.25) is 0 Å². The Hall–Kier alpha value is 0.0300. The zero-order chi connectivity index (χ0) is 12.3. The molecule has 18 heavy (non-hydrogen) atoms. The molecule has 1 unspecified atom stereocenters. The van der Waals surface area contributed by atoms with Crippen LogP contribution < -0.4 is 5.32 Å². The Balaban J connectivity index is 0.00000162. The van der Waals surface area contributed by atoms with Crippen LogP contribution >= 0.6 is 24.2 Å². The lowest BCUT2D eigenvalue weighted by Gasteiger charge is -2.39. The molecule has 4 nitrogen and oxygen atoms in total. The Labute approximate surface area is 120 Å². The number of likely N-dealkylation sites (N-methyl/N-ethyl adjacent to an activating group) is 1. The van der Waals surface area contributed by atoms with Crippen LogP contribution in [0.4, 0.5) is 0 Å². The van der Waals surface area contributed by atoms with Gasteiger partial charge in [-0.05, 0) is 38.1 Å². The highest BCUT2D eigenvalue weighted by atomic mass is 35.5. The molecule has 1 amide bonds. The zero-order valence-electron chi connectivity index (χ0n) is 11.1. The molecule has 0 aromatic rings. The lowest BCUT2D eigenvalue weighted by atomic mass is 9.90. The quantitative estimate of drug-likeness (QED) is 0.848. The largest absolute Gasteiger partial charge is 0.368 e. The Bertz CT molecular complexity index is 279. The van der Waals surface area contributed by atoms with Crippen LogP contribution in [0.5, 0.6) is 0 Å². The summed E-state index contributed by atoms with van der Waals surface area (Å²) in [6.45, 7) is 1.74. The Kier molecular flexibility index (Phi) is 6.24. The van der Waals surface area contributed by atoms with Crippen molar-refractivity contribution < 1.29 is 9.53 Å². The van der Waals surface area contributed by atoms with E-state index in [0.29, 0.717) is 6.04 Å². The normalized spacial score (nSPS) is 26.4. The van der Waals surface area contributed by atoms with E-state index in [1.807, 2.05) is 23.7 Å². The lowest BCUT2D eigenvalue weighted by Crippen LogP contribution is -2.56. The molecule has 0 aromatic heterocycles. The van der Waals surface area contributed by atoms with E-state index < -0.39 is 5.60 Å². The van der Waals surface area contributed by atoms with E-state index in [1.165, 1.54) is 5.75 Å². The maximum absolute atomic E-state index is 12.6. The molecule has 2 heterocycles. The molecule has 0 radical (unpaired) electrons. The van der Waals surface area contributed by atoms with Crippen LogP contribution in [0.3, 0.4) is 0 Å². The van der Waals surface area contributed by atoms with E-state index in [9.17, 15) is 4.79 Å². The zero-order valence-corrected chi connectivity index (χ0v) is 12.7. The van der Waals surface area contributed by atoms with Gasteiger partial charge in [0, 0.05) is 26.0 Å². The fourth-order valence-corrected chi connectivity index (χ4v) is 3.92. The van der Waals surface area contributed by atoms with Gasteiger partial charge in [0.15, 0.2) is 0 Å². The van der Waals surface area contributed by atoms with Crippen LogP contribution in [0.15, 0.2) is 0 Å². The number of halogens is 1. The number of ether oxygens (including phenoxy) is 1. The number of rotatable bonds is 3. The van der Waals surface area contributed by atoms with Gasteiger partial charge in [-0.25, -0.2) is 0 Å². The number of methoxy groups -OCH3 is 1. The number of nitrogens with zero attached hydrogens (tertiary/aromatic N) is 1. The summed E-state index contributed by atoms with van der Waals surface area (Å²) in [6, 6.07) is 0.398. The van der Waals surface area contributed by atoms with Crippen LogP contribution in [-0.4, -0.2) is 61.2 Å². The number of carbonyl (C=O) groups is 1. The highest BCUT2D eigenvalue weighted by Gasteiger charge is 2.43. The van der Waals surface area contributed by atoms with Gasteiger partial charge in [0.1, 0.15) is 5.60 Å². The van der Waals surface area contributed by atoms with Gasteiger partial charge < -0.3 is 15.0 Å². The predicted molar refractivity (Wildman–Crippen MR) is 77.6 cm³/mol.